The number of fused-ring (bicyclic) bond motifs is 5. The molecule has 0 heterocycles. The number of aliphatic hydroxyl groups is 1. The lowest BCUT2D eigenvalue weighted by atomic mass is 9.42. The third-order valence-electron chi connectivity index (χ3n) is 11.9. The summed E-state index contributed by atoms with van der Waals surface area (Å²) in [5.74, 6) is 4.19. The van der Waals surface area contributed by atoms with E-state index in [1.807, 2.05) is 0 Å². The van der Waals surface area contributed by atoms with Gasteiger partial charge in [-0.3, -0.25) is 9.59 Å². The molecule has 4 saturated carbocycles. The molecule has 4 rings (SSSR count). The van der Waals surface area contributed by atoms with Crippen molar-refractivity contribution in [3.63, 3.8) is 0 Å². The van der Waals surface area contributed by atoms with E-state index in [0.717, 1.165) is 69.2 Å². The number of rotatable bonds is 13. The van der Waals surface area contributed by atoms with Gasteiger partial charge in [-0.25, -0.2) is 0 Å². The normalized spacial score (nSPS) is 39.1. The van der Waals surface area contributed by atoms with Crippen LogP contribution in [-0.4, -0.2) is 29.4 Å². The fraction of sp³-hybridized carbons (Fsp3) is 0.939. The second-order valence-corrected chi connectivity index (χ2v) is 14.1. The van der Waals surface area contributed by atoms with Crippen molar-refractivity contribution in [1.82, 2.24) is 5.32 Å². The quantitative estimate of drug-likeness (QED) is 0.248. The van der Waals surface area contributed by atoms with Crippen molar-refractivity contribution >= 4 is 11.7 Å². The minimum absolute atomic E-state index is 0.115. The zero-order chi connectivity index (χ0) is 26.5. The van der Waals surface area contributed by atoms with E-state index in [1.165, 1.54) is 70.6 Å². The van der Waals surface area contributed by atoms with E-state index in [2.05, 4.69) is 26.1 Å². The van der Waals surface area contributed by atoms with Crippen LogP contribution in [0.2, 0.25) is 0 Å². The standard InChI is InChI=1S/C33H57NO3/c1-4-5-6-12-21-34-30(37)14-11-9-7-8-10-13-24-22-25-23-26(35)17-19-32(25,2)28-18-20-33(3)27(31(24)28)15-16-29(33)36/h24-25,27-29,31,36H,4-23H2,1-3H3,(H,34,37)/t24?,25?,27-,28+,29?,31-,32-,33-/m0/s1. The smallest absolute Gasteiger partial charge is 0.219 e. The molecule has 8 atom stereocenters. The van der Waals surface area contributed by atoms with Crippen molar-refractivity contribution in [2.75, 3.05) is 6.54 Å². The van der Waals surface area contributed by atoms with Crippen molar-refractivity contribution in [2.45, 2.75) is 149 Å². The molecule has 0 radical (unpaired) electrons. The Kier molecular flexibility index (Phi) is 10.2. The molecule has 0 aromatic rings. The molecule has 2 N–H and O–H groups in total. The van der Waals surface area contributed by atoms with Crippen LogP contribution in [0.3, 0.4) is 0 Å². The largest absolute Gasteiger partial charge is 0.393 e. The highest BCUT2D eigenvalue weighted by molar-refractivity contribution is 5.79. The molecule has 1 amide bonds. The van der Waals surface area contributed by atoms with Crippen LogP contribution < -0.4 is 5.32 Å². The Balaban J connectivity index is 1.24. The fourth-order valence-corrected chi connectivity index (χ4v) is 9.58. The van der Waals surface area contributed by atoms with E-state index in [9.17, 15) is 14.7 Å². The predicted molar refractivity (Wildman–Crippen MR) is 151 cm³/mol. The summed E-state index contributed by atoms with van der Waals surface area (Å²) in [5, 5.41) is 14.0. The number of aliphatic hydroxyl groups excluding tert-OH is 1. The molecule has 37 heavy (non-hydrogen) atoms. The van der Waals surface area contributed by atoms with Crippen LogP contribution in [-0.2, 0) is 9.59 Å². The lowest BCUT2D eigenvalue weighted by Crippen LogP contribution is -2.57. The average Bonchev–Trinajstić information content (AvgIpc) is 3.18. The molecule has 4 aliphatic rings. The first kappa shape index (κ1) is 29.1. The third-order valence-corrected chi connectivity index (χ3v) is 11.9. The van der Waals surface area contributed by atoms with Crippen LogP contribution in [0, 0.1) is 40.4 Å². The van der Waals surface area contributed by atoms with Crippen molar-refractivity contribution in [1.29, 1.82) is 0 Å². The number of nitrogens with one attached hydrogen (secondary N) is 1. The first-order valence-corrected chi connectivity index (χ1v) is 16.3. The van der Waals surface area contributed by atoms with Crippen molar-refractivity contribution in [3.05, 3.63) is 0 Å². The Morgan fingerprint density at radius 2 is 1.65 bits per heavy atom. The highest BCUT2D eigenvalue weighted by Crippen LogP contribution is 2.67. The maximum absolute atomic E-state index is 12.5. The van der Waals surface area contributed by atoms with Crippen molar-refractivity contribution < 1.29 is 14.7 Å². The zero-order valence-electron chi connectivity index (χ0n) is 24.4. The molecule has 0 saturated heterocycles. The monoisotopic (exact) mass is 515 g/mol. The van der Waals surface area contributed by atoms with Crippen LogP contribution in [0.25, 0.3) is 0 Å². The first-order valence-electron chi connectivity index (χ1n) is 16.3. The SMILES string of the molecule is CCCCCCNC(=O)CCCCCCCC1CC2CC(=O)CC[C@]2(C)[C@@H]2CC[C@]3(C)C(O)CC[C@H]3[C@H]12. The maximum atomic E-state index is 12.5. The van der Waals surface area contributed by atoms with Crippen molar-refractivity contribution in [2.24, 2.45) is 40.4 Å². The first-order chi connectivity index (χ1) is 17.8. The van der Waals surface area contributed by atoms with E-state index in [1.54, 1.807) is 0 Å². The second kappa shape index (κ2) is 13.0. The molecule has 0 aromatic heterocycles. The van der Waals surface area contributed by atoms with Crippen molar-refractivity contribution in [3.8, 4) is 0 Å². The molecule has 3 unspecified atom stereocenters. The molecule has 4 fully saturated rings. The van der Waals surface area contributed by atoms with Crippen LogP contribution in [0.4, 0.5) is 0 Å². The minimum atomic E-state index is -0.119. The maximum Gasteiger partial charge on any atom is 0.219 e. The number of ketones is 1. The van der Waals surface area contributed by atoms with Gasteiger partial charge in [0.2, 0.25) is 5.91 Å². The summed E-state index contributed by atoms with van der Waals surface area (Å²) < 4.78 is 0. The number of unbranched alkanes of at least 4 members (excludes halogenated alkanes) is 7. The van der Waals surface area contributed by atoms with Gasteiger partial charge in [0.05, 0.1) is 6.10 Å². The molecule has 4 aliphatic carbocycles. The molecule has 0 spiro atoms. The summed E-state index contributed by atoms with van der Waals surface area (Å²) >= 11 is 0. The fourth-order valence-electron chi connectivity index (χ4n) is 9.58. The predicted octanol–water partition coefficient (Wildman–Crippen LogP) is 7.61. The number of carbonyl (C=O) groups excluding carboxylic acids is 2. The zero-order valence-corrected chi connectivity index (χ0v) is 24.4. The Bertz CT molecular complexity index is 767. The van der Waals surface area contributed by atoms with Crippen LogP contribution in [0.1, 0.15) is 143 Å². The topological polar surface area (TPSA) is 66.4 Å². The van der Waals surface area contributed by atoms with Gasteiger partial charge in [-0.05, 0) is 91.8 Å². The second-order valence-electron chi connectivity index (χ2n) is 14.1. The molecule has 0 bridgehead atoms. The summed E-state index contributed by atoms with van der Waals surface area (Å²) in [6.45, 7) is 7.98. The van der Waals surface area contributed by atoms with Gasteiger partial charge in [-0.15, -0.1) is 0 Å². The highest BCUT2D eigenvalue weighted by Gasteiger charge is 2.62. The van der Waals surface area contributed by atoms with Gasteiger partial charge >= 0.3 is 0 Å². The molecule has 0 aliphatic heterocycles. The van der Waals surface area contributed by atoms with Gasteiger partial charge in [0.25, 0.3) is 0 Å². The average molecular weight is 516 g/mol. The van der Waals surface area contributed by atoms with E-state index in [-0.39, 0.29) is 17.4 Å². The lowest BCUT2D eigenvalue weighted by molar-refractivity contribution is -0.156. The molecule has 212 valence electrons. The van der Waals surface area contributed by atoms with Gasteiger partial charge in [0.15, 0.2) is 0 Å². The molecular weight excluding hydrogens is 458 g/mol. The van der Waals surface area contributed by atoms with Gasteiger partial charge in [0, 0.05) is 25.8 Å². The van der Waals surface area contributed by atoms with Gasteiger partial charge in [-0.1, -0.05) is 72.1 Å². The Morgan fingerprint density at radius 3 is 2.46 bits per heavy atom. The summed E-state index contributed by atoms with van der Waals surface area (Å²) in [6.07, 6.45) is 21.2. The molecule has 0 aromatic carbocycles. The summed E-state index contributed by atoms with van der Waals surface area (Å²) in [6, 6.07) is 0. The Labute approximate surface area is 227 Å². The Morgan fingerprint density at radius 1 is 0.919 bits per heavy atom. The van der Waals surface area contributed by atoms with Crippen LogP contribution in [0.15, 0.2) is 0 Å². The third kappa shape index (κ3) is 6.47. The number of Topliss-reactive ketones (excluding diaryl/α,β-unsaturated/α-hetero) is 1. The minimum Gasteiger partial charge on any atom is -0.393 e. The molecule has 4 nitrogen and oxygen atoms in total. The number of hydrogen-bond acceptors (Lipinski definition) is 3. The highest BCUT2D eigenvalue weighted by atomic mass is 16.3. The summed E-state index contributed by atoms with van der Waals surface area (Å²) in [5.41, 5.74) is 0.449. The van der Waals surface area contributed by atoms with Crippen LogP contribution >= 0.6 is 0 Å². The van der Waals surface area contributed by atoms with Gasteiger partial charge in [0.1, 0.15) is 5.78 Å². The number of hydrogen-bond donors (Lipinski definition) is 2. The van der Waals surface area contributed by atoms with Crippen LogP contribution in [0.5, 0.6) is 0 Å². The number of amides is 1. The van der Waals surface area contributed by atoms with Gasteiger partial charge < -0.3 is 10.4 Å². The van der Waals surface area contributed by atoms with E-state index in [0.29, 0.717) is 29.5 Å². The molecule has 4 heteroatoms. The van der Waals surface area contributed by atoms with E-state index < -0.39 is 0 Å². The Hall–Kier alpha value is -0.900. The summed E-state index contributed by atoms with van der Waals surface area (Å²) in [4.78, 5) is 24.5. The molecular formula is C33H57NO3. The number of carbonyl (C=O) groups is 2. The van der Waals surface area contributed by atoms with Gasteiger partial charge in [-0.2, -0.15) is 0 Å². The summed E-state index contributed by atoms with van der Waals surface area (Å²) in [7, 11) is 0. The lowest BCUT2D eigenvalue weighted by Gasteiger charge is -2.62. The van der Waals surface area contributed by atoms with E-state index >= 15 is 0 Å². The van der Waals surface area contributed by atoms with E-state index in [4.69, 9.17) is 0 Å².